The van der Waals surface area contributed by atoms with Gasteiger partial charge in [0.2, 0.25) is 5.91 Å². The summed E-state index contributed by atoms with van der Waals surface area (Å²) in [5.74, 6) is -0.527. The predicted molar refractivity (Wildman–Crippen MR) is 67.6 cm³/mol. The Labute approximate surface area is 108 Å². The Kier molecular flexibility index (Phi) is 3.43. The summed E-state index contributed by atoms with van der Waals surface area (Å²) in [6, 6.07) is 8.06. The molecule has 0 radical (unpaired) electrons. The molecule has 1 amide bonds. The zero-order valence-corrected chi connectivity index (χ0v) is 10.1. The first-order chi connectivity index (χ1) is 8.58. The zero-order valence-electron chi connectivity index (χ0n) is 9.34. The smallest absolute Gasteiger partial charge is 0.255 e. The lowest BCUT2D eigenvalue weighted by Gasteiger charge is -2.08. The highest BCUT2D eigenvalue weighted by molar-refractivity contribution is 6.29. The number of hydrogen-bond donors (Lipinski definition) is 1. The van der Waals surface area contributed by atoms with Crippen LogP contribution in [0.25, 0.3) is 0 Å². The third-order valence-electron chi connectivity index (χ3n) is 2.47. The molecule has 0 unspecified atom stereocenters. The topological polar surface area (TPSA) is 78.0 Å². The molecule has 1 aromatic carbocycles. The van der Waals surface area contributed by atoms with Gasteiger partial charge in [-0.15, -0.1) is 0 Å². The summed E-state index contributed by atoms with van der Waals surface area (Å²) in [4.78, 5) is 26.7. The lowest BCUT2D eigenvalue weighted by atomic mass is 10.1. The molecule has 0 aliphatic heterocycles. The van der Waals surface area contributed by atoms with Crippen molar-refractivity contribution < 1.29 is 4.79 Å². The van der Waals surface area contributed by atoms with Crippen LogP contribution in [0.3, 0.4) is 0 Å². The van der Waals surface area contributed by atoms with Gasteiger partial charge in [0.05, 0.1) is 12.9 Å². The lowest BCUT2D eigenvalue weighted by Crippen LogP contribution is -2.22. The van der Waals surface area contributed by atoms with Gasteiger partial charge in [0.15, 0.2) is 0 Å². The van der Waals surface area contributed by atoms with Gasteiger partial charge in [0, 0.05) is 11.6 Å². The Bertz CT molecular complexity index is 652. The molecule has 0 bridgehead atoms. The van der Waals surface area contributed by atoms with Crippen LogP contribution in [0.4, 0.5) is 0 Å². The van der Waals surface area contributed by atoms with Crippen LogP contribution in [0.5, 0.6) is 0 Å². The minimum Gasteiger partial charge on any atom is -0.366 e. The van der Waals surface area contributed by atoms with Gasteiger partial charge >= 0.3 is 0 Å². The fourth-order valence-electron chi connectivity index (χ4n) is 1.60. The van der Waals surface area contributed by atoms with Crippen molar-refractivity contribution in [2.45, 2.75) is 6.54 Å². The van der Waals surface area contributed by atoms with E-state index in [0.717, 1.165) is 0 Å². The molecule has 0 aliphatic rings. The number of halogens is 1. The summed E-state index contributed by atoms with van der Waals surface area (Å²) in [7, 11) is 0. The summed E-state index contributed by atoms with van der Waals surface area (Å²) in [5.41, 5.74) is 6.04. The van der Waals surface area contributed by atoms with Gasteiger partial charge in [-0.2, -0.15) is 0 Å². The third kappa shape index (κ3) is 2.57. The minimum absolute atomic E-state index is 0.138. The molecule has 0 aliphatic carbocycles. The Morgan fingerprint density at radius 2 is 2.11 bits per heavy atom. The van der Waals surface area contributed by atoms with Crippen LogP contribution >= 0.6 is 11.6 Å². The van der Waals surface area contributed by atoms with E-state index in [1.165, 1.54) is 17.0 Å². The number of aromatic nitrogens is 2. The van der Waals surface area contributed by atoms with Gasteiger partial charge in [-0.05, 0) is 11.6 Å². The maximum absolute atomic E-state index is 11.6. The molecule has 6 heteroatoms. The summed E-state index contributed by atoms with van der Waals surface area (Å²) in [5, 5.41) is 0.138. The number of carbonyl (C=O) groups excluding carboxylic acids is 1. The Balaban J connectivity index is 2.40. The second-order valence-electron chi connectivity index (χ2n) is 3.70. The van der Waals surface area contributed by atoms with Gasteiger partial charge in [-0.25, -0.2) is 4.98 Å². The molecule has 5 nitrogen and oxygen atoms in total. The lowest BCUT2D eigenvalue weighted by molar-refractivity contribution is 0.0999. The van der Waals surface area contributed by atoms with Gasteiger partial charge in [-0.3, -0.25) is 14.2 Å². The summed E-state index contributed by atoms with van der Waals surface area (Å²) in [6.07, 6.45) is 1.34. The van der Waals surface area contributed by atoms with Crippen molar-refractivity contribution in [3.8, 4) is 0 Å². The van der Waals surface area contributed by atoms with Crippen LogP contribution < -0.4 is 11.3 Å². The maximum atomic E-state index is 11.6. The standard InChI is InChI=1S/C12H10ClN3O2/c13-10-5-11(17)16(7-15-10)6-8-3-1-2-4-9(8)12(14)18/h1-5,7H,6H2,(H2,14,18). The Morgan fingerprint density at radius 1 is 1.39 bits per heavy atom. The van der Waals surface area contributed by atoms with Crippen molar-refractivity contribution in [2.75, 3.05) is 0 Å². The number of rotatable bonds is 3. The average Bonchev–Trinajstić information content (AvgIpc) is 2.33. The Hall–Kier alpha value is -2.14. The SMILES string of the molecule is NC(=O)c1ccccc1Cn1cnc(Cl)cc1=O. The number of primary amides is 1. The van der Waals surface area contributed by atoms with Gasteiger partial charge in [0.25, 0.3) is 5.56 Å². The molecule has 2 N–H and O–H groups in total. The van der Waals surface area contributed by atoms with Crippen LogP contribution in [0.2, 0.25) is 5.15 Å². The molecule has 0 fully saturated rings. The summed E-state index contributed by atoms with van der Waals surface area (Å²) >= 11 is 5.60. The highest BCUT2D eigenvalue weighted by atomic mass is 35.5. The second kappa shape index (κ2) is 5.01. The number of carbonyl (C=O) groups is 1. The van der Waals surface area contributed by atoms with Crippen LogP contribution in [0, 0.1) is 0 Å². The van der Waals surface area contributed by atoms with Crippen LogP contribution in [0.15, 0.2) is 41.5 Å². The van der Waals surface area contributed by atoms with E-state index in [0.29, 0.717) is 11.1 Å². The fraction of sp³-hybridized carbons (Fsp3) is 0.0833. The minimum atomic E-state index is -0.527. The number of amides is 1. The Morgan fingerprint density at radius 3 is 2.78 bits per heavy atom. The highest BCUT2D eigenvalue weighted by Gasteiger charge is 2.08. The molecule has 18 heavy (non-hydrogen) atoms. The first kappa shape index (κ1) is 12.3. The van der Waals surface area contributed by atoms with Crippen LogP contribution in [-0.2, 0) is 6.54 Å². The molecular formula is C12H10ClN3O2. The van der Waals surface area contributed by atoms with Gasteiger partial charge in [-0.1, -0.05) is 29.8 Å². The molecule has 1 heterocycles. The van der Waals surface area contributed by atoms with E-state index in [9.17, 15) is 9.59 Å². The van der Waals surface area contributed by atoms with E-state index in [2.05, 4.69) is 4.98 Å². The van der Waals surface area contributed by atoms with E-state index >= 15 is 0 Å². The predicted octanol–water partition coefficient (Wildman–Crippen LogP) is 1.04. The molecule has 2 aromatic rings. The van der Waals surface area contributed by atoms with Crippen molar-refractivity contribution in [2.24, 2.45) is 5.73 Å². The van der Waals surface area contributed by atoms with Crippen molar-refractivity contribution in [3.63, 3.8) is 0 Å². The fourth-order valence-corrected chi connectivity index (χ4v) is 1.74. The van der Waals surface area contributed by atoms with Crippen molar-refractivity contribution in [1.29, 1.82) is 0 Å². The van der Waals surface area contributed by atoms with E-state index in [-0.39, 0.29) is 17.3 Å². The van der Waals surface area contributed by atoms with Crippen molar-refractivity contribution in [3.05, 3.63) is 63.3 Å². The first-order valence-electron chi connectivity index (χ1n) is 5.17. The van der Waals surface area contributed by atoms with Gasteiger partial charge < -0.3 is 5.73 Å². The molecule has 0 saturated carbocycles. The van der Waals surface area contributed by atoms with E-state index in [1.807, 2.05) is 0 Å². The summed E-state index contributed by atoms with van der Waals surface area (Å²) < 4.78 is 1.35. The molecule has 1 aromatic heterocycles. The van der Waals surface area contributed by atoms with E-state index in [1.54, 1.807) is 24.3 Å². The van der Waals surface area contributed by atoms with E-state index in [4.69, 9.17) is 17.3 Å². The second-order valence-corrected chi connectivity index (χ2v) is 4.09. The van der Waals surface area contributed by atoms with E-state index < -0.39 is 5.91 Å². The average molecular weight is 264 g/mol. The molecule has 2 rings (SSSR count). The maximum Gasteiger partial charge on any atom is 0.255 e. The van der Waals surface area contributed by atoms with Gasteiger partial charge in [0.1, 0.15) is 5.15 Å². The molecule has 0 saturated heterocycles. The number of benzene rings is 1. The zero-order chi connectivity index (χ0) is 13.1. The number of nitrogens with two attached hydrogens (primary N) is 1. The van der Waals surface area contributed by atoms with Crippen molar-refractivity contribution >= 4 is 17.5 Å². The highest BCUT2D eigenvalue weighted by Crippen LogP contribution is 2.09. The molecule has 0 atom stereocenters. The first-order valence-corrected chi connectivity index (χ1v) is 5.55. The van der Waals surface area contributed by atoms with Crippen LogP contribution in [0.1, 0.15) is 15.9 Å². The van der Waals surface area contributed by atoms with Crippen LogP contribution in [-0.4, -0.2) is 15.5 Å². The molecular weight excluding hydrogens is 254 g/mol. The molecule has 0 spiro atoms. The third-order valence-corrected chi connectivity index (χ3v) is 2.68. The number of nitrogens with zero attached hydrogens (tertiary/aromatic N) is 2. The normalized spacial score (nSPS) is 10.3. The number of hydrogen-bond acceptors (Lipinski definition) is 3. The quantitative estimate of drug-likeness (QED) is 0.841. The van der Waals surface area contributed by atoms with Crippen molar-refractivity contribution in [1.82, 2.24) is 9.55 Å². The largest absolute Gasteiger partial charge is 0.366 e. The monoisotopic (exact) mass is 263 g/mol. The molecule has 92 valence electrons. The summed E-state index contributed by atoms with van der Waals surface area (Å²) in [6.45, 7) is 0.224.